The Morgan fingerprint density at radius 3 is 3.07 bits per heavy atom. The zero-order valence-corrected chi connectivity index (χ0v) is 9.33. The van der Waals surface area contributed by atoms with Crippen LogP contribution in [0, 0.1) is 0 Å². The number of nitrogens with one attached hydrogen (secondary N) is 3. The number of hydrogen-bond donors (Lipinski definition) is 3. The Kier molecular flexibility index (Phi) is 3.23. The molecule has 5 nitrogen and oxygen atoms in total. The molecule has 2 heterocycles. The van der Waals surface area contributed by atoms with Crippen molar-refractivity contribution >= 4 is 5.82 Å². The van der Waals surface area contributed by atoms with Crippen LogP contribution >= 0.6 is 0 Å². The molecule has 1 aromatic heterocycles. The van der Waals surface area contributed by atoms with Crippen molar-refractivity contribution < 1.29 is 0 Å². The van der Waals surface area contributed by atoms with Crippen molar-refractivity contribution in [3.8, 4) is 0 Å². The quantitative estimate of drug-likeness (QED) is 0.641. The van der Waals surface area contributed by atoms with Gasteiger partial charge in [-0.25, -0.2) is 4.68 Å². The molecule has 1 aliphatic rings. The second kappa shape index (κ2) is 4.63. The topological polar surface area (TPSA) is 53.9 Å². The van der Waals surface area contributed by atoms with Gasteiger partial charge in [0.25, 0.3) is 0 Å². The van der Waals surface area contributed by atoms with Crippen LogP contribution in [-0.2, 0) is 0 Å². The lowest BCUT2D eigenvalue weighted by Crippen LogP contribution is -2.44. The zero-order chi connectivity index (χ0) is 10.7. The summed E-state index contributed by atoms with van der Waals surface area (Å²) in [7, 11) is 1.97. The van der Waals surface area contributed by atoms with Gasteiger partial charge in [-0.2, -0.15) is 5.10 Å². The molecular weight excluding hydrogens is 190 g/mol. The second-order valence-corrected chi connectivity index (χ2v) is 4.04. The van der Waals surface area contributed by atoms with Crippen LogP contribution in [0.25, 0.3) is 0 Å². The van der Waals surface area contributed by atoms with Crippen LogP contribution < -0.4 is 16.0 Å². The predicted octanol–water partition coefficient (Wildman–Crippen LogP) is 0.0472. The largest absolute Gasteiger partial charge is 0.369 e. The first kappa shape index (κ1) is 10.4. The highest BCUT2D eigenvalue weighted by atomic mass is 15.4. The molecule has 0 spiro atoms. The third kappa shape index (κ3) is 2.30. The van der Waals surface area contributed by atoms with E-state index >= 15 is 0 Å². The summed E-state index contributed by atoms with van der Waals surface area (Å²) in [6, 6.07) is 3.01. The number of hydrogen-bond acceptors (Lipinski definition) is 4. The van der Waals surface area contributed by atoms with Crippen molar-refractivity contribution in [1.82, 2.24) is 20.4 Å². The summed E-state index contributed by atoms with van der Waals surface area (Å²) in [5.74, 6) is 1.11. The molecule has 15 heavy (non-hydrogen) atoms. The molecule has 1 aliphatic heterocycles. The lowest BCUT2D eigenvalue weighted by atomic mass is 10.2. The van der Waals surface area contributed by atoms with E-state index in [0.717, 1.165) is 25.5 Å². The van der Waals surface area contributed by atoms with Crippen LogP contribution in [0.15, 0.2) is 12.3 Å². The first-order chi connectivity index (χ1) is 7.31. The van der Waals surface area contributed by atoms with E-state index in [9.17, 15) is 0 Å². The Bertz CT molecular complexity index is 305. The molecule has 1 fully saturated rings. The Balaban J connectivity index is 1.92. The van der Waals surface area contributed by atoms with Crippen molar-refractivity contribution in [3.05, 3.63) is 12.3 Å². The molecule has 0 unspecified atom stereocenters. The highest BCUT2D eigenvalue weighted by molar-refractivity contribution is 5.35. The van der Waals surface area contributed by atoms with E-state index in [1.165, 1.54) is 0 Å². The highest BCUT2D eigenvalue weighted by Crippen LogP contribution is 2.17. The Labute approximate surface area is 90.2 Å². The third-order valence-corrected chi connectivity index (χ3v) is 2.86. The molecule has 0 saturated carbocycles. The normalized spacial score (nSPS) is 18.5. The SMILES string of the molecule is CN[C@@H](C)CNc1ccnn1C1CNC1. The Hall–Kier alpha value is -1.07. The van der Waals surface area contributed by atoms with Crippen LogP contribution in [0.3, 0.4) is 0 Å². The summed E-state index contributed by atoms with van der Waals surface area (Å²) in [6.07, 6.45) is 1.85. The van der Waals surface area contributed by atoms with Crippen LogP contribution in [0.5, 0.6) is 0 Å². The minimum absolute atomic E-state index is 0.466. The van der Waals surface area contributed by atoms with Crippen molar-refractivity contribution in [1.29, 1.82) is 0 Å². The molecule has 2 rings (SSSR count). The lowest BCUT2D eigenvalue weighted by molar-refractivity contribution is 0.321. The number of anilines is 1. The molecule has 0 radical (unpaired) electrons. The van der Waals surface area contributed by atoms with E-state index in [0.29, 0.717) is 12.1 Å². The summed E-state index contributed by atoms with van der Waals surface area (Å²) in [4.78, 5) is 0. The van der Waals surface area contributed by atoms with E-state index in [-0.39, 0.29) is 0 Å². The maximum Gasteiger partial charge on any atom is 0.124 e. The van der Waals surface area contributed by atoms with E-state index in [2.05, 4.69) is 32.7 Å². The van der Waals surface area contributed by atoms with Crippen molar-refractivity contribution in [2.45, 2.75) is 19.0 Å². The number of rotatable bonds is 5. The van der Waals surface area contributed by atoms with Gasteiger partial charge in [0.2, 0.25) is 0 Å². The van der Waals surface area contributed by atoms with Gasteiger partial charge in [-0.15, -0.1) is 0 Å². The van der Waals surface area contributed by atoms with Crippen molar-refractivity contribution in [3.63, 3.8) is 0 Å². The van der Waals surface area contributed by atoms with Crippen LogP contribution in [0.4, 0.5) is 5.82 Å². The lowest BCUT2D eigenvalue weighted by Gasteiger charge is -2.29. The summed E-state index contributed by atoms with van der Waals surface area (Å²) >= 11 is 0. The van der Waals surface area contributed by atoms with Gasteiger partial charge in [0.1, 0.15) is 5.82 Å². The molecule has 5 heteroatoms. The molecule has 84 valence electrons. The molecule has 0 aromatic carbocycles. The zero-order valence-electron chi connectivity index (χ0n) is 9.33. The molecule has 3 N–H and O–H groups in total. The van der Waals surface area contributed by atoms with E-state index < -0.39 is 0 Å². The van der Waals surface area contributed by atoms with Crippen LogP contribution in [-0.4, -0.2) is 42.5 Å². The fraction of sp³-hybridized carbons (Fsp3) is 0.700. The van der Waals surface area contributed by atoms with Gasteiger partial charge >= 0.3 is 0 Å². The summed E-state index contributed by atoms with van der Waals surface area (Å²) in [5, 5.41) is 14.2. The highest BCUT2D eigenvalue weighted by Gasteiger charge is 2.21. The van der Waals surface area contributed by atoms with Crippen LogP contribution in [0.1, 0.15) is 13.0 Å². The van der Waals surface area contributed by atoms with E-state index in [1.54, 1.807) is 0 Å². The van der Waals surface area contributed by atoms with Gasteiger partial charge in [-0.1, -0.05) is 0 Å². The number of nitrogens with zero attached hydrogens (tertiary/aromatic N) is 2. The molecule has 1 atom stereocenters. The monoisotopic (exact) mass is 209 g/mol. The van der Waals surface area contributed by atoms with Gasteiger partial charge < -0.3 is 16.0 Å². The fourth-order valence-corrected chi connectivity index (χ4v) is 1.55. The number of likely N-dealkylation sites (N-methyl/N-ethyl adjacent to an activating group) is 1. The molecule has 0 bridgehead atoms. The summed E-state index contributed by atoms with van der Waals surface area (Å²) in [5.41, 5.74) is 0. The molecule has 1 aromatic rings. The first-order valence-corrected chi connectivity index (χ1v) is 5.46. The second-order valence-electron chi connectivity index (χ2n) is 4.04. The molecule has 0 amide bonds. The average Bonchev–Trinajstić information content (AvgIpc) is 2.60. The maximum atomic E-state index is 4.34. The van der Waals surface area contributed by atoms with Crippen molar-refractivity contribution in [2.75, 3.05) is 32.0 Å². The summed E-state index contributed by atoms with van der Waals surface area (Å²) in [6.45, 7) is 5.12. The average molecular weight is 209 g/mol. The minimum atomic E-state index is 0.466. The third-order valence-electron chi connectivity index (χ3n) is 2.86. The van der Waals surface area contributed by atoms with E-state index in [1.807, 2.05) is 19.3 Å². The molecule has 0 aliphatic carbocycles. The Morgan fingerprint density at radius 1 is 1.67 bits per heavy atom. The van der Waals surface area contributed by atoms with Gasteiger partial charge in [-0.05, 0) is 14.0 Å². The summed E-state index contributed by atoms with van der Waals surface area (Å²) < 4.78 is 2.07. The molecule has 1 saturated heterocycles. The molecular formula is C10H19N5. The van der Waals surface area contributed by atoms with Crippen molar-refractivity contribution in [2.24, 2.45) is 0 Å². The van der Waals surface area contributed by atoms with Gasteiger partial charge in [0, 0.05) is 31.7 Å². The maximum absolute atomic E-state index is 4.34. The van der Waals surface area contributed by atoms with Gasteiger partial charge in [0.15, 0.2) is 0 Å². The van der Waals surface area contributed by atoms with Gasteiger partial charge in [0.05, 0.1) is 12.2 Å². The Morgan fingerprint density at radius 2 is 2.47 bits per heavy atom. The standard InChI is InChI=1S/C10H19N5/c1-8(11-2)5-13-10-3-4-14-15(10)9-6-12-7-9/h3-4,8-9,11-13H,5-7H2,1-2H3/t8-/m0/s1. The minimum Gasteiger partial charge on any atom is -0.369 e. The number of aromatic nitrogens is 2. The van der Waals surface area contributed by atoms with Gasteiger partial charge in [-0.3, -0.25) is 0 Å². The van der Waals surface area contributed by atoms with E-state index in [4.69, 9.17) is 0 Å². The fourth-order valence-electron chi connectivity index (χ4n) is 1.55. The first-order valence-electron chi connectivity index (χ1n) is 5.46. The van der Waals surface area contributed by atoms with Crippen LogP contribution in [0.2, 0.25) is 0 Å². The smallest absolute Gasteiger partial charge is 0.124 e. The predicted molar refractivity (Wildman–Crippen MR) is 61.1 cm³/mol.